The number of carbonyl (C=O) groups excluding carboxylic acids is 1. The van der Waals surface area contributed by atoms with E-state index in [9.17, 15) is 26.4 Å². The van der Waals surface area contributed by atoms with Gasteiger partial charge in [-0.05, 0) is 43.0 Å². The maximum Gasteiger partial charge on any atom is 1.00 e. The van der Waals surface area contributed by atoms with E-state index in [1.807, 2.05) is 4.72 Å². The van der Waals surface area contributed by atoms with Gasteiger partial charge in [0.2, 0.25) is 0 Å². The second-order valence-corrected chi connectivity index (χ2v) is 8.89. The third-order valence-electron chi connectivity index (χ3n) is 4.94. The molecule has 0 spiro atoms. The zero-order chi connectivity index (χ0) is 23.5. The summed E-state index contributed by atoms with van der Waals surface area (Å²) < 4.78 is 75.3. The zero-order valence-electron chi connectivity index (χ0n) is 19.5. The molecule has 0 aliphatic carbocycles. The van der Waals surface area contributed by atoms with E-state index >= 15 is 0 Å². The Morgan fingerprint density at radius 3 is 2.52 bits per heavy atom. The number of halogens is 3. The number of hydrogen-bond acceptors (Lipinski definition) is 5. The van der Waals surface area contributed by atoms with Gasteiger partial charge >= 0.3 is 52.0 Å². The van der Waals surface area contributed by atoms with Crippen LogP contribution in [0.3, 0.4) is 0 Å². The predicted molar refractivity (Wildman–Crippen MR) is 113 cm³/mol. The van der Waals surface area contributed by atoms with Gasteiger partial charge in [-0.2, -0.15) is 26.7 Å². The quantitative estimate of drug-likeness (QED) is 0.552. The fourth-order valence-corrected chi connectivity index (χ4v) is 4.80. The van der Waals surface area contributed by atoms with Crippen LogP contribution in [0, 0.1) is 0 Å². The summed E-state index contributed by atoms with van der Waals surface area (Å²) in [6.07, 6.45) is -0.642. The summed E-state index contributed by atoms with van der Waals surface area (Å²) in [5.41, 5.74) is -0.498. The summed E-state index contributed by atoms with van der Waals surface area (Å²) in [5.74, 6) is 0. The van der Waals surface area contributed by atoms with E-state index in [4.69, 9.17) is 4.74 Å². The zero-order valence-corrected chi connectivity index (χ0v) is 21.3. The molecule has 9 nitrogen and oxygen atoms in total. The van der Waals surface area contributed by atoms with Gasteiger partial charge in [-0.15, -0.1) is 0 Å². The van der Waals surface area contributed by atoms with Crippen LogP contribution >= 0.6 is 0 Å². The topological polar surface area (TPSA) is 106 Å². The number of alkyl halides is 3. The summed E-state index contributed by atoms with van der Waals surface area (Å²) >= 11 is 0. The molecular weight excluding hydrogens is 474 g/mol. The van der Waals surface area contributed by atoms with E-state index < -0.39 is 34.0 Å². The Bertz CT molecular complexity index is 1080. The molecule has 3 rings (SSSR count). The summed E-state index contributed by atoms with van der Waals surface area (Å²) in [7, 11) is -2.77. The third kappa shape index (κ3) is 7.09. The predicted octanol–water partition coefficient (Wildman–Crippen LogP) is 0.170. The Kier molecular flexibility index (Phi) is 9.22. The first-order chi connectivity index (χ1) is 15.0. The molecule has 0 saturated carbocycles. The number of urea groups is 1. The van der Waals surface area contributed by atoms with Gasteiger partial charge in [0.05, 0.1) is 23.5 Å². The number of benzene rings is 1. The van der Waals surface area contributed by atoms with Crippen LogP contribution in [0.15, 0.2) is 30.6 Å². The largest absolute Gasteiger partial charge is 1.00 e. The van der Waals surface area contributed by atoms with Crippen molar-refractivity contribution in [2.24, 2.45) is 7.05 Å². The summed E-state index contributed by atoms with van der Waals surface area (Å²) in [6, 6.07) is 1.45. The smallest absolute Gasteiger partial charge is 1.00 e. The fraction of sp³-hybridized carbons (Fsp3) is 0.474. The molecule has 2 amide bonds. The van der Waals surface area contributed by atoms with E-state index in [0.29, 0.717) is 38.0 Å². The number of aromatic nitrogens is 2. The van der Waals surface area contributed by atoms with E-state index in [1.165, 1.54) is 23.1 Å². The molecule has 1 aromatic heterocycles. The molecule has 2 heterocycles. The molecule has 1 aromatic carbocycles. The molecule has 2 N–H and O–H groups in total. The average molecular weight is 499 g/mol. The number of nitrogens with zero attached hydrogens (tertiary/aromatic N) is 3. The summed E-state index contributed by atoms with van der Waals surface area (Å²) in [4.78, 5) is 12.5. The van der Waals surface area contributed by atoms with Crippen molar-refractivity contribution >= 4 is 27.6 Å². The minimum Gasteiger partial charge on any atom is -1.00 e. The van der Waals surface area contributed by atoms with Crippen molar-refractivity contribution in [2.45, 2.75) is 38.4 Å². The van der Waals surface area contributed by atoms with Gasteiger partial charge < -0.3 is 11.5 Å². The molecule has 2 aromatic rings. The van der Waals surface area contributed by atoms with Crippen molar-refractivity contribution in [1.82, 2.24) is 14.5 Å². The molecular formula is C19H25F3N5NaO4S. The summed E-state index contributed by atoms with van der Waals surface area (Å²) in [5, 5.41) is 6.19. The normalized spacial score (nSPS) is 14.9. The minimum atomic E-state index is -4.61. The molecule has 1 aliphatic rings. The van der Waals surface area contributed by atoms with Crippen molar-refractivity contribution in [3.8, 4) is 0 Å². The number of hydrogen-bond donors (Lipinski definition) is 2. The maximum absolute atomic E-state index is 13.1. The van der Waals surface area contributed by atoms with Gasteiger partial charge in [-0.25, -0.2) is 13.8 Å². The van der Waals surface area contributed by atoms with Crippen LogP contribution in [0.4, 0.5) is 29.3 Å². The molecule has 1 saturated heterocycles. The Labute approximate surface area is 213 Å². The van der Waals surface area contributed by atoms with E-state index in [2.05, 4.69) is 10.4 Å². The van der Waals surface area contributed by atoms with E-state index in [-0.39, 0.29) is 42.4 Å². The molecule has 178 valence electrons. The molecule has 33 heavy (non-hydrogen) atoms. The molecule has 14 heteroatoms. The number of rotatable bonds is 6. The second kappa shape index (κ2) is 11.1. The van der Waals surface area contributed by atoms with Gasteiger partial charge in [0.25, 0.3) is 0 Å². The first-order valence-corrected chi connectivity index (χ1v) is 11.3. The number of aryl methyl sites for hydroxylation is 2. The van der Waals surface area contributed by atoms with Crippen LogP contribution in [0.25, 0.3) is 0 Å². The molecule has 0 unspecified atom stereocenters. The van der Waals surface area contributed by atoms with Crippen LogP contribution in [-0.4, -0.2) is 43.5 Å². The number of carbonyl (C=O) groups is 1. The first kappa shape index (κ1) is 27.4. The fourth-order valence-electron chi connectivity index (χ4n) is 3.44. The van der Waals surface area contributed by atoms with Crippen molar-refractivity contribution in [3.63, 3.8) is 0 Å². The van der Waals surface area contributed by atoms with Crippen molar-refractivity contribution in [2.75, 3.05) is 22.8 Å². The minimum absolute atomic E-state index is 0. The Morgan fingerprint density at radius 2 is 1.97 bits per heavy atom. The summed E-state index contributed by atoms with van der Waals surface area (Å²) in [6.45, 7) is 2.38. The average Bonchev–Trinajstić information content (AvgIpc) is 3.12. The standard InChI is InChI=1S/C19H24F3N5O4S.Na.H/c1-3-13-8-14(19(20,21)22)10-15(9-13)24-18(28)25-32(29,30)27(16-4-6-31-7-5-16)17-11-23-26(2)12-17;;/h8-12,16H,3-7H2,1-2H3,(H2,24,25,28);;/q;+1;-1. The SMILES string of the molecule is CCc1cc(NC(=O)NS(=O)(=O)N(c2cnn(C)c2)C2CCOCC2)cc(C(F)(F)F)c1.[H-].[Na+]. The van der Waals surface area contributed by atoms with E-state index in [1.54, 1.807) is 14.0 Å². The first-order valence-electron chi connectivity index (χ1n) is 9.90. The number of nitrogens with one attached hydrogen (secondary N) is 2. The number of amides is 2. The number of ether oxygens (including phenoxy) is 1. The van der Waals surface area contributed by atoms with Crippen LogP contribution < -0.4 is 43.9 Å². The van der Waals surface area contributed by atoms with Crippen molar-refractivity contribution in [3.05, 3.63) is 41.7 Å². The second-order valence-electron chi connectivity index (χ2n) is 7.34. The van der Waals surface area contributed by atoms with Gasteiger partial charge in [-0.1, -0.05) is 6.92 Å². The van der Waals surface area contributed by atoms with Crippen molar-refractivity contribution < 1.29 is 62.1 Å². The van der Waals surface area contributed by atoms with Crippen LogP contribution in [-0.2, 0) is 34.6 Å². The van der Waals surface area contributed by atoms with Crippen LogP contribution in [0.5, 0.6) is 0 Å². The van der Waals surface area contributed by atoms with Crippen LogP contribution in [0.2, 0.25) is 0 Å². The van der Waals surface area contributed by atoms with Gasteiger partial charge in [0, 0.05) is 32.1 Å². The number of anilines is 2. The van der Waals surface area contributed by atoms with Gasteiger partial charge in [0.1, 0.15) is 0 Å². The molecule has 1 fully saturated rings. The van der Waals surface area contributed by atoms with Gasteiger partial charge in [0.15, 0.2) is 0 Å². The molecule has 0 atom stereocenters. The van der Waals surface area contributed by atoms with Crippen LogP contribution in [0.1, 0.15) is 32.3 Å². The van der Waals surface area contributed by atoms with Crippen molar-refractivity contribution in [1.29, 1.82) is 0 Å². The molecule has 0 bridgehead atoms. The Balaban J connectivity index is 0.00000289. The van der Waals surface area contributed by atoms with Gasteiger partial charge in [-0.3, -0.25) is 4.68 Å². The molecule has 1 aliphatic heterocycles. The monoisotopic (exact) mass is 499 g/mol. The van der Waals surface area contributed by atoms with E-state index in [0.717, 1.165) is 16.4 Å². The maximum atomic E-state index is 13.1. The third-order valence-corrected chi connectivity index (χ3v) is 6.41. The Morgan fingerprint density at radius 1 is 1.30 bits per heavy atom. The Hall–Kier alpha value is -1.80. The molecule has 0 radical (unpaired) electrons.